The maximum atomic E-state index is 11.0. The molecule has 0 saturated carbocycles. The van der Waals surface area contributed by atoms with E-state index >= 15 is 0 Å². The van der Waals surface area contributed by atoms with Crippen molar-refractivity contribution in [3.63, 3.8) is 0 Å². The number of carbonyl (C=O) groups excluding carboxylic acids is 1. The summed E-state index contributed by atoms with van der Waals surface area (Å²) in [6.45, 7) is 0.0221. The molecule has 3 N–H and O–H groups in total. The monoisotopic (exact) mass is 206 g/mol. The third kappa shape index (κ3) is 1.76. The van der Waals surface area contributed by atoms with Crippen LogP contribution in [0, 0.1) is 0 Å². The highest BCUT2D eigenvalue weighted by Gasteiger charge is 2.03. The molecule has 0 aliphatic rings. The standard InChI is InChI=1S/C10H10N2OS/c11-6-9(13)12-10-5-7-3-1-2-4-8(7)14-10/h1-5H,6,11H2,(H,12,13). The van der Waals surface area contributed by atoms with Crippen molar-refractivity contribution in [3.8, 4) is 0 Å². The first kappa shape index (κ1) is 9.18. The number of fused-ring (bicyclic) bond motifs is 1. The highest BCUT2D eigenvalue weighted by molar-refractivity contribution is 7.22. The third-order valence-electron chi connectivity index (χ3n) is 1.87. The van der Waals surface area contributed by atoms with Crippen molar-refractivity contribution < 1.29 is 4.79 Å². The van der Waals surface area contributed by atoms with Gasteiger partial charge in [-0.3, -0.25) is 4.79 Å². The van der Waals surface area contributed by atoms with Gasteiger partial charge in [0.1, 0.15) is 0 Å². The molecule has 72 valence electrons. The first-order valence-electron chi connectivity index (χ1n) is 4.28. The number of nitrogens with one attached hydrogen (secondary N) is 1. The molecule has 2 aromatic rings. The van der Waals surface area contributed by atoms with Crippen molar-refractivity contribution in [2.75, 3.05) is 11.9 Å². The van der Waals surface area contributed by atoms with Crippen molar-refractivity contribution in [1.82, 2.24) is 0 Å². The Bertz CT molecular complexity index is 431. The van der Waals surface area contributed by atoms with E-state index in [0.717, 1.165) is 10.4 Å². The van der Waals surface area contributed by atoms with Crippen LogP contribution in [-0.4, -0.2) is 12.5 Å². The minimum atomic E-state index is -0.156. The SMILES string of the molecule is NCC(=O)Nc1cc2ccccc2s1. The fraction of sp³-hybridized carbons (Fsp3) is 0.100. The second-order valence-electron chi connectivity index (χ2n) is 2.90. The summed E-state index contributed by atoms with van der Waals surface area (Å²) >= 11 is 1.55. The Morgan fingerprint density at radius 3 is 2.93 bits per heavy atom. The number of amides is 1. The third-order valence-corrected chi connectivity index (χ3v) is 2.91. The first-order chi connectivity index (χ1) is 6.79. The minimum Gasteiger partial charge on any atom is -0.322 e. The number of anilines is 1. The van der Waals surface area contributed by atoms with Gasteiger partial charge in [0, 0.05) is 4.70 Å². The van der Waals surface area contributed by atoms with Crippen LogP contribution >= 0.6 is 11.3 Å². The molecule has 2 rings (SSSR count). The zero-order valence-electron chi connectivity index (χ0n) is 7.49. The molecule has 0 radical (unpaired) electrons. The summed E-state index contributed by atoms with van der Waals surface area (Å²) in [5.74, 6) is -0.156. The van der Waals surface area contributed by atoms with E-state index in [1.54, 1.807) is 11.3 Å². The number of rotatable bonds is 2. The van der Waals surface area contributed by atoms with Gasteiger partial charge < -0.3 is 11.1 Å². The molecule has 1 amide bonds. The highest BCUT2D eigenvalue weighted by atomic mass is 32.1. The van der Waals surface area contributed by atoms with Crippen molar-refractivity contribution in [1.29, 1.82) is 0 Å². The Morgan fingerprint density at radius 2 is 2.21 bits per heavy atom. The number of nitrogens with two attached hydrogens (primary N) is 1. The zero-order valence-corrected chi connectivity index (χ0v) is 8.30. The lowest BCUT2D eigenvalue weighted by molar-refractivity contribution is -0.114. The van der Waals surface area contributed by atoms with Gasteiger partial charge in [-0.1, -0.05) is 18.2 Å². The quantitative estimate of drug-likeness (QED) is 0.787. The van der Waals surface area contributed by atoms with E-state index in [-0.39, 0.29) is 12.5 Å². The van der Waals surface area contributed by atoms with Crippen molar-refractivity contribution in [3.05, 3.63) is 30.3 Å². The Hall–Kier alpha value is -1.39. The molecular formula is C10H10N2OS. The minimum absolute atomic E-state index is 0.0221. The van der Waals surface area contributed by atoms with E-state index in [2.05, 4.69) is 5.32 Å². The lowest BCUT2D eigenvalue weighted by Crippen LogP contribution is -2.21. The summed E-state index contributed by atoms with van der Waals surface area (Å²) in [5, 5.41) is 4.73. The summed E-state index contributed by atoms with van der Waals surface area (Å²) in [4.78, 5) is 11.0. The molecule has 0 unspecified atom stereocenters. The van der Waals surface area contributed by atoms with Gasteiger partial charge in [-0.2, -0.15) is 0 Å². The second-order valence-corrected chi connectivity index (χ2v) is 3.98. The summed E-state index contributed by atoms with van der Waals surface area (Å²) in [5.41, 5.74) is 5.21. The number of carbonyl (C=O) groups is 1. The lowest BCUT2D eigenvalue weighted by Gasteiger charge is -1.96. The van der Waals surface area contributed by atoms with E-state index in [9.17, 15) is 4.79 Å². The van der Waals surface area contributed by atoms with Gasteiger partial charge in [0.25, 0.3) is 0 Å². The van der Waals surface area contributed by atoms with E-state index in [1.807, 2.05) is 30.3 Å². The first-order valence-corrected chi connectivity index (χ1v) is 5.10. The molecule has 14 heavy (non-hydrogen) atoms. The number of hydrogen-bond donors (Lipinski definition) is 2. The van der Waals surface area contributed by atoms with E-state index in [0.29, 0.717) is 0 Å². The zero-order chi connectivity index (χ0) is 9.97. The summed E-state index contributed by atoms with van der Waals surface area (Å²) in [6, 6.07) is 9.95. The summed E-state index contributed by atoms with van der Waals surface area (Å²) in [7, 11) is 0. The molecule has 3 nitrogen and oxygen atoms in total. The number of hydrogen-bond acceptors (Lipinski definition) is 3. The molecule has 0 bridgehead atoms. The highest BCUT2D eigenvalue weighted by Crippen LogP contribution is 2.29. The number of benzene rings is 1. The van der Waals surface area contributed by atoms with Crippen LogP contribution in [0.5, 0.6) is 0 Å². The summed E-state index contributed by atoms with van der Waals surface area (Å²) < 4.78 is 1.17. The average molecular weight is 206 g/mol. The molecule has 1 heterocycles. The van der Waals surface area contributed by atoms with Crippen LogP contribution in [0.4, 0.5) is 5.00 Å². The van der Waals surface area contributed by atoms with Gasteiger partial charge in [0.15, 0.2) is 0 Å². The average Bonchev–Trinajstić information content (AvgIpc) is 2.59. The van der Waals surface area contributed by atoms with E-state index in [4.69, 9.17) is 5.73 Å². The van der Waals surface area contributed by atoms with Gasteiger partial charge in [0.05, 0.1) is 11.5 Å². The van der Waals surface area contributed by atoms with E-state index < -0.39 is 0 Å². The Kier molecular flexibility index (Phi) is 2.47. The van der Waals surface area contributed by atoms with Gasteiger partial charge in [-0.25, -0.2) is 0 Å². The second kappa shape index (κ2) is 3.77. The lowest BCUT2D eigenvalue weighted by atomic mass is 10.3. The van der Waals surface area contributed by atoms with Crippen LogP contribution in [0.15, 0.2) is 30.3 Å². The molecule has 0 aliphatic heterocycles. The van der Waals surface area contributed by atoms with Crippen molar-refractivity contribution in [2.45, 2.75) is 0 Å². The molecule has 0 fully saturated rings. The molecule has 1 aromatic heterocycles. The van der Waals surface area contributed by atoms with Crippen molar-refractivity contribution >= 4 is 32.3 Å². The summed E-state index contributed by atoms with van der Waals surface area (Å²) in [6.07, 6.45) is 0. The van der Waals surface area contributed by atoms with Crippen LogP contribution in [0.2, 0.25) is 0 Å². The normalized spacial score (nSPS) is 10.4. The molecule has 0 aliphatic carbocycles. The molecule has 0 saturated heterocycles. The van der Waals surface area contributed by atoms with Crippen LogP contribution in [0.1, 0.15) is 0 Å². The van der Waals surface area contributed by atoms with Crippen LogP contribution in [-0.2, 0) is 4.79 Å². The maximum Gasteiger partial charge on any atom is 0.238 e. The fourth-order valence-electron chi connectivity index (χ4n) is 1.23. The van der Waals surface area contributed by atoms with Crippen molar-refractivity contribution in [2.24, 2.45) is 5.73 Å². The van der Waals surface area contributed by atoms with Gasteiger partial charge in [-0.15, -0.1) is 11.3 Å². The predicted molar refractivity (Wildman–Crippen MR) is 59.5 cm³/mol. The van der Waals surface area contributed by atoms with E-state index in [1.165, 1.54) is 4.70 Å². The predicted octanol–water partition coefficient (Wildman–Crippen LogP) is 1.80. The maximum absolute atomic E-state index is 11.0. The Morgan fingerprint density at radius 1 is 1.43 bits per heavy atom. The van der Waals surface area contributed by atoms with Gasteiger partial charge in [0.2, 0.25) is 5.91 Å². The number of thiophene rings is 1. The van der Waals surface area contributed by atoms with Crippen LogP contribution in [0.25, 0.3) is 10.1 Å². The Labute approximate surface area is 85.5 Å². The topological polar surface area (TPSA) is 55.1 Å². The molecule has 0 atom stereocenters. The molecular weight excluding hydrogens is 196 g/mol. The fourth-order valence-corrected chi connectivity index (χ4v) is 2.21. The van der Waals surface area contributed by atoms with Crippen LogP contribution in [0.3, 0.4) is 0 Å². The van der Waals surface area contributed by atoms with Gasteiger partial charge >= 0.3 is 0 Å². The molecule has 0 spiro atoms. The molecule has 4 heteroatoms. The largest absolute Gasteiger partial charge is 0.322 e. The smallest absolute Gasteiger partial charge is 0.238 e. The Balaban J connectivity index is 2.31. The molecule has 1 aromatic carbocycles. The van der Waals surface area contributed by atoms with Gasteiger partial charge in [-0.05, 0) is 17.5 Å². The van der Waals surface area contributed by atoms with Crippen LogP contribution < -0.4 is 11.1 Å².